The lowest BCUT2D eigenvalue weighted by Gasteiger charge is -2.14. The van der Waals surface area contributed by atoms with Crippen molar-refractivity contribution in [2.75, 3.05) is 25.4 Å². The lowest BCUT2D eigenvalue weighted by Crippen LogP contribution is -2.33. The molecule has 1 aliphatic rings. The second-order valence-electron chi connectivity index (χ2n) is 5.25. The van der Waals surface area contributed by atoms with Crippen LogP contribution in [0, 0.1) is 0 Å². The molecule has 0 radical (unpaired) electrons. The van der Waals surface area contributed by atoms with E-state index in [2.05, 4.69) is 26.6 Å². The first-order valence-electron chi connectivity index (χ1n) is 7.05. The van der Waals surface area contributed by atoms with Crippen LogP contribution in [0.4, 0.5) is 0 Å². The van der Waals surface area contributed by atoms with Crippen molar-refractivity contribution in [1.29, 1.82) is 0 Å². The highest BCUT2D eigenvalue weighted by molar-refractivity contribution is 9.10. The van der Waals surface area contributed by atoms with Crippen molar-refractivity contribution in [3.05, 3.63) is 46.0 Å². The van der Waals surface area contributed by atoms with Gasteiger partial charge in [-0.25, -0.2) is 8.42 Å². The van der Waals surface area contributed by atoms with E-state index >= 15 is 0 Å². The van der Waals surface area contributed by atoms with Crippen molar-refractivity contribution >= 4 is 31.7 Å². The molecule has 2 rings (SSSR count). The van der Waals surface area contributed by atoms with Gasteiger partial charge >= 0.3 is 0 Å². The van der Waals surface area contributed by atoms with Crippen LogP contribution >= 0.6 is 15.9 Å². The number of halogens is 1. The van der Waals surface area contributed by atoms with E-state index in [0.717, 1.165) is 29.6 Å². The van der Waals surface area contributed by atoms with Gasteiger partial charge in [0.15, 0.2) is 9.84 Å². The van der Waals surface area contributed by atoms with Crippen molar-refractivity contribution < 1.29 is 13.2 Å². The van der Waals surface area contributed by atoms with E-state index in [4.69, 9.17) is 0 Å². The van der Waals surface area contributed by atoms with Crippen molar-refractivity contribution in [2.24, 2.45) is 0 Å². The molecule has 0 unspecified atom stereocenters. The molecule has 0 saturated heterocycles. The average Bonchev–Trinajstić information content (AvgIpc) is 2.48. The summed E-state index contributed by atoms with van der Waals surface area (Å²) in [6.07, 6.45) is 2.91. The van der Waals surface area contributed by atoms with E-state index in [9.17, 15) is 13.2 Å². The maximum absolute atomic E-state index is 12.0. The predicted octanol–water partition coefficient (Wildman–Crippen LogP) is 1.40. The van der Waals surface area contributed by atoms with Crippen molar-refractivity contribution in [2.45, 2.75) is 12.2 Å². The second kappa shape index (κ2) is 7.89. The minimum atomic E-state index is -3.46. The Kier molecular flexibility index (Phi) is 6.16. The van der Waals surface area contributed by atoms with E-state index in [1.165, 1.54) is 0 Å². The molecule has 0 aliphatic carbocycles. The molecule has 2 N–H and O–H groups in total. The van der Waals surface area contributed by atoms with E-state index < -0.39 is 21.5 Å². The van der Waals surface area contributed by atoms with E-state index in [1.807, 2.05) is 6.08 Å². The predicted molar refractivity (Wildman–Crippen MR) is 90.2 cm³/mol. The topological polar surface area (TPSA) is 75.3 Å². The molecule has 0 bridgehead atoms. The summed E-state index contributed by atoms with van der Waals surface area (Å²) in [7, 11) is -3.46. The second-order valence-corrected chi connectivity index (χ2v) is 8.23. The molecule has 5 nitrogen and oxygen atoms in total. The van der Waals surface area contributed by atoms with Crippen molar-refractivity contribution in [1.82, 2.24) is 10.6 Å². The number of nitrogens with one attached hydrogen (secondary N) is 2. The van der Waals surface area contributed by atoms with Crippen molar-refractivity contribution in [3.63, 3.8) is 0 Å². The zero-order valence-electron chi connectivity index (χ0n) is 12.1. The van der Waals surface area contributed by atoms with Crippen molar-refractivity contribution in [3.8, 4) is 0 Å². The number of carbonyl (C=O) groups excluding carboxylic acids is 1. The molecule has 22 heavy (non-hydrogen) atoms. The molecular formula is C15H19BrN2O3S. The van der Waals surface area contributed by atoms with Crippen LogP contribution in [0.3, 0.4) is 0 Å². The molecule has 1 aromatic carbocycles. The molecule has 1 heterocycles. The van der Waals surface area contributed by atoms with Crippen LogP contribution in [-0.4, -0.2) is 39.7 Å². The zero-order valence-corrected chi connectivity index (χ0v) is 14.5. The number of hydrogen-bond acceptors (Lipinski definition) is 4. The van der Waals surface area contributed by atoms with Gasteiger partial charge in [-0.3, -0.25) is 4.79 Å². The fraction of sp³-hybridized carbons (Fsp3) is 0.400. The van der Waals surface area contributed by atoms with Gasteiger partial charge in [-0.05, 0) is 30.7 Å². The van der Waals surface area contributed by atoms with Gasteiger partial charge in [0, 0.05) is 17.6 Å². The Hall–Kier alpha value is -1.18. The third-order valence-electron chi connectivity index (χ3n) is 3.32. The number of rotatable bonds is 6. The first-order chi connectivity index (χ1) is 10.4. The fourth-order valence-electron chi connectivity index (χ4n) is 2.18. The minimum absolute atomic E-state index is 0.125. The van der Waals surface area contributed by atoms with Crippen LogP contribution in [0.1, 0.15) is 12.0 Å². The van der Waals surface area contributed by atoms with Gasteiger partial charge in [-0.1, -0.05) is 39.7 Å². The van der Waals surface area contributed by atoms with Gasteiger partial charge in [0.25, 0.3) is 0 Å². The molecule has 0 saturated carbocycles. The maximum atomic E-state index is 12.0. The summed E-state index contributed by atoms with van der Waals surface area (Å²) in [5.41, 5.74) is 1.81. The summed E-state index contributed by atoms with van der Waals surface area (Å²) in [6, 6.07) is 7.04. The molecular weight excluding hydrogens is 368 g/mol. The lowest BCUT2D eigenvalue weighted by molar-refractivity contribution is -0.118. The van der Waals surface area contributed by atoms with Crippen LogP contribution in [-0.2, 0) is 20.4 Å². The Morgan fingerprint density at radius 2 is 2.00 bits per heavy atom. The Labute approximate surface area is 139 Å². The largest absolute Gasteiger partial charge is 0.351 e. The normalized spacial score (nSPS) is 15.2. The molecule has 0 fully saturated rings. The minimum Gasteiger partial charge on any atom is -0.351 e. The summed E-state index contributed by atoms with van der Waals surface area (Å²) in [5.74, 6) is -1.05. The van der Waals surface area contributed by atoms with Gasteiger partial charge in [-0.15, -0.1) is 0 Å². The molecule has 1 aliphatic heterocycles. The first kappa shape index (κ1) is 17.2. The summed E-state index contributed by atoms with van der Waals surface area (Å²) in [4.78, 5) is 11.8. The summed E-state index contributed by atoms with van der Waals surface area (Å²) in [5, 5.41) is 5.87. The average molecular weight is 387 g/mol. The zero-order chi connectivity index (χ0) is 16.0. The maximum Gasteiger partial charge on any atom is 0.235 e. The monoisotopic (exact) mass is 386 g/mol. The van der Waals surface area contributed by atoms with Crippen LogP contribution in [0.15, 0.2) is 40.4 Å². The molecule has 0 atom stereocenters. The highest BCUT2D eigenvalue weighted by atomic mass is 79.9. The number of hydrogen-bond donors (Lipinski definition) is 2. The lowest BCUT2D eigenvalue weighted by atomic mass is 10.1. The number of carbonyl (C=O) groups is 1. The molecule has 1 aromatic rings. The molecule has 7 heteroatoms. The number of amides is 1. The standard InChI is InChI=1S/C15H19BrN2O3S/c16-14-3-1-13(2-4-14)10-22(20,21)11-15(19)18-9-12-5-7-17-8-6-12/h1-5,17H,6-11H2,(H,18,19). The number of sulfone groups is 1. The summed E-state index contributed by atoms with van der Waals surface area (Å²) in [6.45, 7) is 2.12. The Morgan fingerprint density at radius 1 is 1.27 bits per heavy atom. The van der Waals surface area contributed by atoms with Crippen LogP contribution in [0.25, 0.3) is 0 Å². The highest BCUT2D eigenvalue weighted by Crippen LogP contribution is 2.13. The molecule has 1 amide bonds. The van der Waals surface area contributed by atoms with E-state index in [1.54, 1.807) is 24.3 Å². The Balaban J connectivity index is 1.83. The van der Waals surface area contributed by atoms with Gasteiger partial charge in [0.1, 0.15) is 5.75 Å². The van der Waals surface area contributed by atoms with Gasteiger partial charge < -0.3 is 10.6 Å². The fourth-order valence-corrected chi connectivity index (χ4v) is 3.75. The first-order valence-corrected chi connectivity index (χ1v) is 9.66. The number of benzene rings is 1. The molecule has 120 valence electrons. The van der Waals surface area contributed by atoms with E-state index in [0.29, 0.717) is 12.1 Å². The Bertz CT molecular complexity index is 654. The third-order valence-corrected chi connectivity index (χ3v) is 5.33. The van der Waals surface area contributed by atoms with Gasteiger partial charge in [0.05, 0.1) is 5.75 Å². The SMILES string of the molecule is O=C(CS(=O)(=O)Cc1ccc(Br)cc1)NCC1=CCNCC1. The summed E-state index contributed by atoms with van der Waals surface area (Å²) < 4.78 is 25.0. The van der Waals surface area contributed by atoms with Gasteiger partial charge in [-0.2, -0.15) is 0 Å². The summed E-state index contributed by atoms with van der Waals surface area (Å²) >= 11 is 3.30. The van der Waals surface area contributed by atoms with Crippen LogP contribution in [0.5, 0.6) is 0 Å². The van der Waals surface area contributed by atoms with E-state index in [-0.39, 0.29) is 5.75 Å². The van der Waals surface area contributed by atoms with Crippen LogP contribution < -0.4 is 10.6 Å². The third kappa shape index (κ3) is 5.90. The Morgan fingerprint density at radius 3 is 2.64 bits per heavy atom. The smallest absolute Gasteiger partial charge is 0.235 e. The highest BCUT2D eigenvalue weighted by Gasteiger charge is 2.17. The molecule has 0 spiro atoms. The van der Waals surface area contributed by atoms with Gasteiger partial charge in [0.2, 0.25) is 5.91 Å². The quantitative estimate of drug-likeness (QED) is 0.724. The van der Waals surface area contributed by atoms with Crippen LogP contribution in [0.2, 0.25) is 0 Å². The molecule has 0 aromatic heterocycles.